The minimum atomic E-state index is -0.866. The van der Waals surface area contributed by atoms with Crippen molar-refractivity contribution in [1.82, 2.24) is 10.2 Å². The molecular formula is C13H24N2O4. The minimum Gasteiger partial charge on any atom is -0.481 e. The Morgan fingerprint density at radius 1 is 1.47 bits per heavy atom. The van der Waals surface area contributed by atoms with Gasteiger partial charge >= 0.3 is 5.97 Å². The number of nitrogens with one attached hydrogen (secondary N) is 1. The van der Waals surface area contributed by atoms with Crippen molar-refractivity contribution < 1.29 is 19.4 Å². The molecular weight excluding hydrogens is 248 g/mol. The number of aliphatic carboxylic acids is 1. The fraction of sp³-hybridized carbons (Fsp3) is 0.846. The standard InChI is InChI=1S/C13H24N2O4/c1-3-15-4-5-19-11(9-15)8-14-12(16)6-10(2)7-13(17)18/h10-11H,3-9H2,1-2H3,(H,14,16)(H,17,18). The fourth-order valence-corrected chi connectivity index (χ4v) is 2.18. The second-order valence-corrected chi connectivity index (χ2v) is 5.10. The van der Waals surface area contributed by atoms with Gasteiger partial charge in [0.2, 0.25) is 5.91 Å². The average molecular weight is 272 g/mol. The maximum Gasteiger partial charge on any atom is 0.303 e. The van der Waals surface area contributed by atoms with Gasteiger partial charge in [-0.3, -0.25) is 14.5 Å². The van der Waals surface area contributed by atoms with E-state index in [1.165, 1.54) is 0 Å². The van der Waals surface area contributed by atoms with E-state index in [1.54, 1.807) is 6.92 Å². The lowest BCUT2D eigenvalue weighted by Crippen LogP contribution is -2.47. The Bertz CT molecular complexity index is 309. The highest BCUT2D eigenvalue weighted by Gasteiger charge is 2.20. The summed E-state index contributed by atoms with van der Waals surface area (Å²) in [5.74, 6) is -1.11. The number of ether oxygens (including phenoxy) is 1. The van der Waals surface area contributed by atoms with Crippen LogP contribution < -0.4 is 5.32 Å². The van der Waals surface area contributed by atoms with Crippen LogP contribution in [0.15, 0.2) is 0 Å². The molecule has 0 aliphatic carbocycles. The summed E-state index contributed by atoms with van der Waals surface area (Å²) in [6.45, 7) is 7.83. The number of rotatable bonds is 7. The SMILES string of the molecule is CCN1CCOC(CNC(=O)CC(C)CC(=O)O)C1. The molecule has 0 spiro atoms. The highest BCUT2D eigenvalue weighted by atomic mass is 16.5. The molecule has 1 aliphatic rings. The Labute approximate surface area is 114 Å². The number of carboxylic acids is 1. The molecule has 0 saturated carbocycles. The molecule has 1 rings (SSSR count). The van der Waals surface area contributed by atoms with E-state index in [2.05, 4.69) is 17.1 Å². The second-order valence-electron chi connectivity index (χ2n) is 5.10. The van der Waals surface area contributed by atoms with Crippen molar-refractivity contribution in [2.45, 2.75) is 32.8 Å². The number of morpholine rings is 1. The summed E-state index contributed by atoms with van der Waals surface area (Å²) in [4.78, 5) is 24.4. The average Bonchev–Trinajstić information content (AvgIpc) is 2.35. The van der Waals surface area contributed by atoms with E-state index >= 15 is 0 Å². The van der Waals surface area contributed by atoms with Gasteiger partial charge in [0, 0.05) is 32.5 Å². The van der Waals surface area contributed by atoms with Crippen molar-refractivity contribution >= 4 is 11.9 Å². The van der Waals surface area contributed by atoms with Crippen LogP contribution in [0.1, 0.15) is 26.7 Å². The van der Waals surface area contributed by atoms with Gasteiger partial charge in [-0.05, 0) is 12.5 Å². The Morgan fingerprint density at radius 3 is 2.84 bits per heavy atom. The highest BCUT2D eigenvalue weighted by molar-refractivity contribution is 5.77. The van der Waals surface area contributed by atoms with Crippen LogP contribution in [0.3, 0.4) is 0 Å². The zero-order valence-corrected chi connectivity index (χ0v) is 11.7. The van der Waals surface area contributed by atoms with E-state index in [-0.39, 0.29) is 30.8 Å². The normalized spacial score (nSPS) is 21.9. The molecule has 0 aromatic rings. The van der Waals surface area contributed by atoms with Gasteiger partial charge in [-0.15, -0.1) is 0 Å². The molecule has 1 fully saturated rings. The predicted octanol–water partition coefficient (Wildman–Crippen LogP) is 0.324. The van der Waals surface area contributed by atoms with Crippen LogP contribution in [-0.2, 0) is 14.3 Å². The van der Waals surface area contributed by atoms with Crippen LogP contribution in [0, 0.1) is 5.92 Å². The van der Waals surface area contributed by atoms with Crippen molar-refractivity contribution in [3.8, 4) is 0 Å². The first-order chi connectivity index (χ1) is 9.01. The molecule has 1 amide bonds. The molecule has 2 atom stereocenters. The van der Waals surface area contributed by atoms with E-state index in [0.29, 0.717) is 13.2 Å². The number of likely N-dealkylation sites (N-methyl/N-ethyl adjacent to an activating group) is 1. The van der Waals surface area contributed by atoms with Gasteiger partial charge in [0.15, 0.2) is 0 Å². The van der Waals surface area contributed by atoms with Gasteiger partial charge in [0.1, 0.15) is 0 Å². The van der Waals surface area contributed by atoms with Gasteiger partial charge in [-0.2, -0.15) is 0 Å². The summed E-state index contributed by atoms with van der Waals surface area (Å²) in [5.41, 5.74) is 0. The summed E-state index contributed by atoms with van der Waals surface area (Å²) >= 11 is 0. The third-order valence-electron chi connectivity index (χ3n) is 3.25. The van der Waals surface area contributed by atoms with Gasteiger partial charge in [0.05, 0.1) is 12.7 Å². The molecule has 110 valence electrons. The molecule has 19 heavy (non-hydrogen) atoms. The number of amides is 1. The molecule has 2 unspecified atom stereocenters. The van der Waals surface area contributed by atoms with Crippen LogP contribution in [0.4, 0.5) is 0 Å². The Morgan fingerprint density at radius 2 is 2.21 bits per heavy atom. The van der Waals surface area contributed by atoms with E-state index in [1.807, 2.05) is 0 Å². The Balaban J connectivity index is 2.20. The number of hydrogen-bond acceptors (Lipinski definition) is 4. The lowest BCUT2D eigenvalue weighted by atomic mass is 10.0. The van der Waals surface area contributed by atoms with Crippen LogP contribution in [0.25, 0.3) is 0 Å². The van der Waals surface area contributed by atoms with E-state index in [9.17, 15) is 9.59 Å². The van der Waals surface area contributed by atoms with Gasteiger partial charge in [0.25, 0.3) is 0 Å². The molecule has 1 heterocycles. The number of carboxylic acid groups (broad SMARTS) is 1. The number of nitrogens with zero attached hydrogens (tertiary/aromatic N) is 1. The first-order valence-corrected chi connectivity index (χ1v) is 6.83. The molecule has 0 bridgehead atoms. The smallest absolute Gasteiger partial charge is 0.303 e. The molecule has 0 radical (unpaired) electrons. The summed E-state index contributed by atoms with van der Waals surface area (Å²) in [7, 11) is 0. The van der Waals surface area contributed by atoms with Gasteiger partial charge in [-0.1, -0.05) is 13.8 Å². The number of carbonyl (C=O) groups excluding carboxylic acids is 1. The van der Waals surface area contributed by atoms with Crippen molar-refractivity contribution in [1.29, 1.82) is 0 Å². The number of carbonyl (C=O) groups is 2. The molecule has 1 aliphatic heterocycles. The van der Waals surface area contributed by atoms with Gasteiger partial charge in [-0.25, -0.2) is 0 Å². The molecule has 6 nitrogen and oxygen atoms in total. The molecule has 0 aromatic carbocycles. The maximum atomic E-state index is 11.7. The quantitative estimate of drug-likeness (QED) is 0.698. The Hall–Kier alpha value is -1.14. The van der Waals surface area contributed by atoms with Crippen molar-refractivity contribution in [3.05, 3.63) is 0 Å². The summed E-state index contributed by atoms with van der Waals surface area (Å²) < 4.78 is 5.58. The van der Waals surface area contributed by atoms with Gasteiger partial charge < -0.3 is 15.2 Å². The maximum absolute atomic E-state index is 11.7. The van der Waals surface area contributed by atoms with Crippen LogP contribution in [-0.4, -0.2) is 60.8 Å². The van der Waals surface area contributed by atoms with E-state index < -0.39 is 5.97 Å². The summed E-state index contributed by atoms with van der Waals surface area (Å²) in [6.07, 6.45) is 0.306. The van der Waals surface area contributed by atoms with E-state index in [4.69, 9.17) is 9.84 Å². The highest BCUT2D eigenvalue weighted by Crippen LogP contribution is 2.08. The lowest BCUT2D eigenvalue weighted by molar-refractivity contribution is -0.138. The van der Waals surface area contributed by atoms with E-state index in [0.717, 1.165) is 19.6 Å². The third kappa shape index (κ3) is 6.54. The first-order valence-electron chi connectivity index (χ1n) is 6.83. The number of hydrogen-bond donors (Lipinski definition) is 2. The van der Waals surface area contributed by atoms with Crippen molar-refractivity contribution in [2.75, 3.05) is 32.8 Å². The fourth-order valence-electron chi connectivity index (χ4n) is 2.18. The van der Waals surface area contributed by atoms with Crippen molar-refractivity contribution in [3.63, 3.8) is 0 Å². The molecule has 0 aromatic heterocycles. The molecule has 1 saturated heterocycles. The molecule has 6 heteroatoms. The minimum absolute atomic E-state index is 0.0248. The topological polar surface area (TPSA) is 78.9 Å². The van der Waals surface area contributed by atoms with Crippen LogP contribution in [0.5, 0.6) is 0 Å². The second kappa shape index (κ2) is 8.12. The Kier molecular flexibility index (Phi) is 6.80. The zero-order chi connectivity index (χ0) is 14.3. The van der Waals surface area contributed by atoms with Crippen molar-refractivity contribution in [2.24, 2.45) is 5.92 Å². The third-order valence-corrected chi connectivity index (χ3v) is 3.25. The lowest BCUT2D eigenvalue weighted by Gasteiger charge is -2.32. The van der Waals surface area contributed by atoms with Crippen LogP contribution >= 0.6 is 0 Å². The summed E-state index contributed by atoms with van der Waals surface area (Å²) in [6, 6.07) is 0. The largest absolute Gasteiger partial charge is 0.481 e. The summed E-state index contributed by atoms with van der Waals surface area (Å²) in [5, 5.41) is 11.4. The first kappa shape index (κ1) is 15.9. The monoisotopic (exact) mass is 272 g/mol. The predicted molar refractivity (Wildman–Crippen MR) is 70.9 cm³/mol. The molecule has 2 N–H and O–H groups in total. The zero-order valence-electron chi connectivity index (χ0n) is 11.7. The van der Waals surface area contributed by atoms with Crippen LogP contribution in [0.2, 0.25) is 0 Å².